The number of benzene rings is 1. The summed E-state index contributed by atoms with van der Waals surface area (Å²) in [7, 11) is 1.25. The van der Waals surface area contributed by atoms with Crippen LogP contribution in [0.15, 0.2) is 52.6 Å². The molecule has 1 N–H and O–H groups in total. The van der Waals surface area contributed by atoms with Crippen molar-refractivity contribution in [1.82, 2.24) is 15.1 Å². The molecule has 1 amide bonds. The van der Waals surface area contributed by atoms with Crippen molar-refractivity contribution < 1.29 is 18.7 Å². The molecule has 2 aromatic heterocycles. The van der Waals surface area contributed by atoms with Gasteiger partial charge in [0.1, 0.15) is 11.5 Å². The molecule has 0 aliphatic carbocycles. The number of carbonyl (C=O) groups excluding carboxylic acids is 2. The predicted molar refractivity (Wildman–Crippen MR) is 106 cm³/mol. The SMILES string of the molecule is COC(=O)CC(NC(=O)c1nn(-c2ccccc2F)c(C)cc1=O)c1cccs1. The van der Waals surface area contributed by atoms with E-state index in [-0.39, 0.29) is 12.1 Å². The van der Waals surface area contributed by atoms with Crippen LogP contribution in [0.2, 0.25) is 0 Å². The molecule has 2 heterocycles. The molecule has 29 heavy (non-hydrogen) atoms. The van der Waals surface area contributed by atoms with Gasteiger partial charge in [0.2, 0.25) is 5.43 Å². The molecule has 150 valence electrons. The van der Waals surface area contributed by atoms with E-state index in [9.17, 15) is 18.8 Å². The Morgan fingerprint density at radius 2 is 2.03 bits per heavy atom. The molecule has 0 radical (unpaired) electrons. The second-order valence-electron chi connectivity index (χ2n) is 6.18. The van der Waals surface area contributed by atoms with Crippen LogP contribution < -0.4 is 10.7 Å². The van der Waals surface area contributed by atoms with Gasteiger partial charge in [-0.2, -0.15) is 5.10 Å². The zero-order chi connectivity index (χ0) is 21.0. The summed E-state index contributed by atoms with van der Waals surface area (Å²) in [5.74, 6) is -1.81. The van der Waals surface area contributed by atoms with Gasteiger partial charge >= 0.3 is 5.97 Å². The third-order valence-electron chi connectivity index (χ3n) is 4.19. The lowest BCUT2D eigenvalue weighted by Gasteiger charge is -2.17. The van der Waals surface area contributed by atoms with Gasteiger partial charge < -0.3 is 10.1 Å². The van der Waals surface area contributed by atoms with Gasteiger partial charge in [-0.25, -0.2) is 9.07 Å². The first kappa shape index (κ1) is 20.4. The molecular weight excluding hydrogens is 397 g/mol. The third-order valence-corrected chi connectivity index (χ3v) is 5.18. The maximum absolute atomic E-state index is 14.2. The number of ether oxygens (including phenoxy) is 1. The number of hydrogen-bond acceptors (Lipinski definition) is 6. The van der Waals surface area contributed by atoms with Crippen molar-refractivity contribution in [3.63, 3.8) is 0 Å². The minimum absolute atomic E-state index is 0.101. The average Bonchev–Trinajstić information content (AvgIpc) is 3.23. The van der Waals surface area contributed by atoms with E-state index in [2.05, 4.69) is 15.2 Å². The minimum Gasteiger partial charge on any atom is -0.469 e. The fraction of sp³-hybridized carbons (Fsp3) is 0.200. The quantitative estimate of drug-likeness (QED) is 0.626. The summed E-state index contributed by atoms with van der Waals surface area (Å²) in [5.41, 5.74) is -0.509. The van der Waals surface area contributed by atoms with E-state index in [0.717, 1.165) is 4.88 Å². The summed E-state index contributed by atoms with van der Waals surface area (Å²) in [5, 5.41) is 8.54. The van der Waals surface area contributed by atoms with Crippen LogP contribution in [0, 0.1) is 12.7 Å². The number of aryl methyl sites for hydroxylation is 1. The molecule has 0 aliphatic rings. The summed E-state index contributed by atoms with van der Waals surface area (Å²) < 4.78 is 20.1. The number of carbonyl (C=O) groups is 2. The van der Waals surface area contributed by atoms with Crippen molar-refractivity contribution in [3.8, 4) is 5.69 Å². The number of esters is 1. The fourth-order valence-corrected chi connectivity index (χ4v) is 3.54. The van der Waals surface area contributed by atoms with Gasteiger partial charge in [0.15, 0.2) is 5.69 Å². The first-order chi connectivity index (χ1) is 13.9. The van der Waals surface area contributed by atoms with E-state index in [1.54, 1.807) is 30.5 Å². The smallest absolute Gasteiger partial charge is 0.307 e. The molecule has 0 aliphatic heterocycles. The van der Waals surface area contributed by atoms with Gasteiger partial charge in [-0.15, -0.1) is 11.3 Å². The van der Waals surface area contributed by atoms with Crippen molar-refractivity contribution in [3.05, 3.63) is 80.2 Å². The zero-order valence-electron chi connectivity index (χ0n) is 15.7. The van der Waals surface area contributed by atoms with Gasteiger partial charge in [0.25, 0.3) is 5.91 Å². The van der Waals surface area contributed by atoms with Crippen LogP contribution in [0.5, 0.6) is 0 Å². The highest BCUT2D eigenvalue weighted by Gasteiger charge is 2.23. The molecule has 0 spiro atoms. The van der Waals surface area contributed by atoms with E-state index in [0.29, 0.717) is 5.69 Å². The number of aromatic nitrogens is 2. The van der Waals surface area contributed by atoms with Crippen LogP contribution in [0.1, 0.15) is 33.5 Å². The topological polar surface area (TPSA) is 90.3 Å². The van der Waals surface area contributed by atoms with E-state index in [1.165, 1.54) is 47.4 Å². The number of para-hydroxylation sites is 1. The largest absolute Gasteiger partial charge is 0.469 e. The number of amides is 1. The summed E-state index contributed by atoms with van der Waals surface area (Å²) in [6.45, 7) is 1.59. The van der Waals surface area contributed by atoms with Crippen molar-refractivity contribution in [2.24, 2.45) is 0 Å². The van der Waals surface area contributed by atoms with Crippen molar-refractivity contribution in [2.75, 3.05) is 7.11 Å². The average molecular weight is 415 g/mol. The first-order valence-corrected chi connectivity index (χ1v) is 9.55. The Balaban J connectivity index is 1.96. The molecule has 7 nitrogen and oxygen atoms in total. The van der Waals surface area contributed by atoms with Crippen molar-refractivity contribution in [2.45, 2.75) is 19.4 Å². The lowest BCUT2D eigenvalue weighted by Crippen LogP contribution is -2.35. The fourth-order valence-electron chi connectivity index (χ4n) is 2.76. The highest BCUT2D eigenvalue weighted by atomic mass is 32.1. The monoisotopic (exact) mass is 415 g/mol. The van der Waals surface area contributed by atoms with E-state index in [4.69, 9.17) is 0 Å². The molecular formula is C20H18FN3O4S. The number of rotatable bonds is 6. The number of thiophene rings is 1. The Morgan fingerprint density at radius 1 is 1.28 bits per heavy atom. The molecule has 0 bridgehead atoms. The molecule has 3 aromatic rings. The lowest BCUT2D eigenvalue weighted by atomic mass is 10.1. The van der Waals surface area contributed by atoms with Gasteiger partial charge in [-0.1, -0.05) is 18.2 Å². The standard InChI is InChI=1S/C20H18FN3O4S/c1-12-10-16(25)19(23-24(12)15-7-4-3-6-13(15)21)20(27)22-14(11-18(26)28-2)17-8-5-9-29-17/h3-10,14H,11H2,1-2H3,(H,22,27). The van der Waals surface area contributed by atoms with E-state index in [1.807, 2.05) is 0 Å². The molecule has 0 fully saturated rings. The molecule has 3 rings (SSSR count). The van der Waals surface area contributed by atoms with Crippen LogP contribution in [0.3, 0.4) is 0 Å². The van der Waals surface area contributed by atoms with Crippen molar-refractivity contribution >= 4 is 23.2 Å². The highest BCUT2D eigenvalue weighted by Crippen LogP contribution is 2.23. The number of nitrogens with one attached hydrogen (secondary N) is 1. The van der Waals surface area contributed by atoms with Crippen LogP contribution >= 0.6 is 11.3 Å². The van der Waals surface area contributed by atoms with Gasteiger partial charge in [0, 0.05) is 16.6 Å². The van der Waals surface area contributed by atoms with E-state index < -0.39 is 34.9 Å². The Labute approximate surface area is 169 Å². The molecule has 0 saturated carbocycles. The Kier molecular flexibility index (Phi) is 6.18. The number of halogens is 1. The number of hydrogen-bond donors (Lipinski definition) is 1. The van der Waals surface area contributed by atoms with Crippen LogP contribution in [-0.4, -0.2) is 28.8 Å². The normalized spacial score (nSPS) is 11.7. The summed E-state index contributed by atoms with van der Waals surface area (Å²) >= 11 is 1.35. The van der Waals surface area contributed by atoms with Crippen LogP contribution in [0.4, 0.5) is 4.39 Å². The molecule has 1 atom stereocenters. The Bertz CT molecular complexity index is 1100. The Morgan fingerprint density at radius 3 is 2.69 bits per heavy atom. The van der Waals surface area contributed by atoms with E-state index >= 15 is 0 Å². The van der Waals surface area contributed by atoms with Crippen LogP contribution in [-0.2, 0) is 9.53 Å². The summed E-state index contributed by atoms with van der Waals surface area (Å²) in [6, 6.07) is 9.99. The van der Waals surface area contributed by atoms with Gasteiger partial charge in [0.05, 0.1) is 19.6 Å². The summed E-state index contributed by atoms with van der Waals surface area (Å²) in [6.07, 6.45) is -0.101. The van der Waals surface area contributed by atoms with Crippen LogP contribution in [0.25, 0.3) is 5.69 Å². The maximum atomic E-state index is 14.2. The third kappa shape index (κ3) is 4.57. The maximum Gasteiger partial charge on any atom is 0.307 e. The number of nitrogens with zero attached hydrogens (tertiary/aromatic N) is 2. The number of methoxy groups -OCH3 is 1. The molecule has 1 aromatic carbocycles. The van der Waals surface area contributed by atoms with Gasteiger partial charge in [-0.3, -0.25) is 14.4 Å². The zero-order valence-corrected chi connectivity index (χ0v) is 16.5. The van der Waals surface area contributed by atoms with Gasteiger partial charge in [-0.05, 0) is 30.5 Å². The second kappa shape index (κ2) is 8.78. The Hall–Kier alpha value is -3.33. The molecule has 1 unspecified atom stereocenters. The van der Waals surface area contributed by atoms with Crippen molar-refractivity contribution in [1.29, 1.82) is 0 Å². The first-order valence-electron chi connectivity index (χ1n) is 8.67. The minimum atomic E-state index is -0.762. The predicted octanol–water partition coefficient (Wildman–Crippen LogP) is 2.78. The lowest BCUT2D eigenvalue weighted by molar-refractivity contribution is -0.141. The highest BCUT2D eigenvalue weighted by molar-refractivity contribution is 7.10. The second-order valence-corrected chi connectivity index (χ2v) is 7.16. The summed E-state index contributed by atoms with van der Waals surface area (Å²) in [4.78, 5) is 37.6. The molecule has 0 saturated heterocycles. The molecule has 9 heteroatoms.